The number of ether oxygens (including phenoxy) is 2. The predicted molar refractivity (Wildman–Crippen MR) is 126 cm³/mol. The number of anilines is 1. The van der Waals surface area contributed by atoms with Gasteiger partial charge in [-0.05, 0) is 31.2 Å². The van der Waals surface area contributed by atoms with E-state index in [1.165, 1.54) is 20.4 Å². The van der Waals surface area contributed by atoms with Gasteiger partial charge in [0, 0.05) is 4.47 Å². The van der Waals surface area contributed by atoms with E-state index in [2.05, 4.69) is 36.0 Å². The molecule has 14 heteroatoms. The number of carbonyl (C=O) groups is 1. The minimum Gasteiger partial charge on any atom is -0.468 e. The number of fused-ring (bicyclic) bond motifs is 1. The van der Waals surface area contributed by atoms with Crippen molar-refractivity contribution in [3.63, 3.8) is 0 Å². The monoisotopic (exact) mass is 552 g/mol. The van der Waals surface area contributed by atoms with Gasteiger partial charge >= 0.3 is 13.7 Å². The first-order valence-corrected chi connectivity index (χ1v) is 12.4. The van der Waals surface area contributed by atoms with Gasteiger partial charge in [-0.1, -0.05) is 28.1 Å². The van der Waals surface area contributed by atoms with Crippen LogP contribution in [-0.4, -0.2) is 51.4 Å². The van der Waals surface area contributed by atoms with E-state index in [0.29, 0.717) is 11.2 Å². The van der Waals surface area contributed by atoms with Crippen molar-refractivity contribution in [1.29, 1.82) is 0 Å². The van der Waals surface area contributed by atoms with Crippen molar-refractivity contribution in [2.45, 2.75) is 25.3 Å². The quantitative estimate of drug-likeness (QED) is 0.229. The normalized spacial score (nSPS) is 20.2. The molecule has 1 aromatic carbocycles. The first-order chi connectivity index (χ1) is 16.3. The maximum Gasteiger partial charge on any atom is 0.459 e. The molecule has 0 spiro atoms. The third-order valence-electron chi connectivity index (χ3n) is 4.80. The molecule has 3 N–H and O–H groups in total. The summed E-state index contributed by atoms with van der Waals surface area (Å²) < 4.78 is 37.9. The van der Waals surface area contributed by atoms with Crippen molar-refractivity contribution in [3.8, 4) is 5.75 Å². The van der Waals surface area contributed by atoms with E-state index < -0.39 is 32.1 Å². The summed E-state index contributed by atoms with van der Waals surface area (Å²) in [7, 11) is -2.77. The lowest BCUT2D eigenvalue weighted by molar-refractivity contribution is -0.142. The second-order valence-corrected chi connectivity index (χ2v) is 9.86. The first kappa shape index (κ1) is 24.3. The van der Waals surface area contributed by atoms with Gasteiger partial charge in [0.2, 0.25) is 0 Å². The average Bonchev–Trinajstić information content (AvgIpc) is 3.44. The van der Waals surface area contributed by atoms with Gasteiger partial charge in [0.1, 0.15) is 29.7 Å². The van der Waals surface area contributed by atoms with Crippen molar-refractivity contribution < 1.29 is 27.9 Å². The Morgan fingerprint density at radius 1 is 1.35 bits per heavy atom. The Morgan fingerprint density at radius 3 is 2.94 bits per heavy atom. The highest BCUT2D eigenvalue weighted by molar-refractivity contribution is 9.10. The number of aromatic nitrogens is 4. The molecular weight excluding hydrogens is 531 g/mol. The highest BCUT2D eigenvalue weighted by Crippen LogP contribution is 2.46. The fourth-order valence-corrected chi connectivity index (χ4v) is 5.06. The molecule has 0 radical (unpaired) electrons. The number of esters is 1. The molecule has 3 aromatic rings. The highest BCUT2D eigenvalue weighted by atomic mass is 79.9. The van der Waals surface area contributed by atoms with Crippen LogP contribution < -0.4 is 15.3 Å². The van der Waals surface area contributed by atoms with Crippen LogP contribution in [0.25, 0.3) is 11.2 Å². The summed E-state index contributed by atoms with van der Waals surface area (Å²) in [6.07, 6.45) is 5.36. The molecule has 0 saturated carbocycles. The minimum absolute atomic E-state index is 0.122. The number of benzene rings is 1. The lowest BCUT2D eigenvalue weighted by Crippen LogP contribution is -2.35. The first-order valence-electron chi connectivity index (χ1n) is 10.1. The van der Waals surface area contributed by atoms with Crippen LogP contribution in [0, 0.1) is 0 Å². The molecule has 12 nitrogen and oxygen atoms in total. The van der Waals surface area contributed by atoms with Gasteiger partial charge in [0.05, 0.1) is 20.0 Å². The number of halogens is 1. The van der Waals surface area contributed by atoms with Crippen LogP contribution in [0.2, 0.25) is 0 Å². The van der Waals surface area contributed by atoms with Gasteiger partial charge in [-0.15, -0.1) is 0 Å². The molecule has 1 aliphatic rings. The van der Waals surface area contributed by atoms with E-state index in [1.807, 2.05) is 0 Å². The molecule has 34 heavy (non-hydrogen) atoms. The molecule has 0 amide bonds. The van der Waals surface area contributed by atoms with Crippen LogP contribution in [0.4, 0.5) is 5.82 Å². The van der Waals surface area contributed by atoms with Crippen LogP contribution in [0.15, 0.2) is 53.5 Å². The van der Waals surface area contributed by atoms with Crippen molar-refractivity contribution >= 4 is 46.6 Å². The Kier molecular flexibility index (Phi) is 7.29. The molecule has 4 unspecified atom stereocenters. The molecule has 0 aliphatic carbocycles. The Hall–Kier alpha value is -2.83. The SMILES string of the molecule is COC(=O)C(C)NP(=O)(OCC1C=CC(n2cnc3c(N)ncnc32)O1)Oc1cccc(Br)c1. The number of nitrogens with two attached hydrogens (primary N) is 1. The standard InChI is InChI=1S/C20H22BrN6O6P/c1-12(20(28)30-2)26-34(29,33-14-5-3-4-13(21)8-14)31-9-15-6-7-16(32-15)27-11-25-17-18(22)23-10-24-19(17)27/h3-8,10-12,15-16H,9H2,1-2H3,(H,26,29)(H2,22,23,24). The fourth-order valence-electron chi connectivity index (χ4n) is 3.19. The van der Waals surface area contributed by atoms with Crippen molar-refractivity contribution in [1.82, 2.24) is 24.6 Å². The summed E-state index contributed by atoms with van der Waals surface area (Å²) in [5, 5.41) is 2.60. The van der Waals surface area contributed by atoms with Crippen LogP contribution in [-0.2, 0) is 23.4 Å². The van der Waals surface area contributed by atoms with Gasteiger partial charge < -0.3 is 19.7 Å². The summed E-state index contributed by atoms with van der Waals surface area (Å²) >= 11 is 3.34. The number of nitrogen functional groups attached to an aromatic ring is 1. The maximum atomic E-state index is 13.5. The van der Waals surface area contributed by atoms with Crippen molar-refractivity contribution in [2.75, 3.05) is 19.5 Å². The maximum absolute atomic E-state index is 13.5. The third kappa shape index (κ3) is 5.45. The van der Waals surface area contributed by atoms with Crippen LogP contribution in [0.3, 0.4) is 0 Å². The van der Waals surface area contributed by atoms with E-state index in [-0.39, 0.29) is 18.2 Å². The smallest absolute Gasteiger partial charge is 0.459 e. The Labute approximate surface area is 203 Å². The number of carbonyl (C=O) groups excluding carboxylic acids is 1. The van der Waals surface area contributed by atoms with E-state index in [4.69, 9.17) is 24.3 Å². The number of nitrogens with one attached hydrogen (secondary N) is 1. The zero-order valence-electron chi connectivity index (χ0n) is 18.2. The second kappa shape index (κ2) is 10.2. The van der Waals surface area contributed by atoms with Gasteiger partial charge in [-0.25, -0.2) is 19.5 Å². The van der Waals surface area contributed by atoms with Gasteiger partial charge in [0.15, 0.2) is 17.7 Å². The molecule has 4 rings (SSSR count). The van der Waals surface area contributed by atoms with E-state index >= 15 is 0 Å². The summed E-state index contributed by atoms with van der Waals surface area (Å²) in [5.41, 5.74) is 6.82. The number of methoxy groups -OCH3 is 1. The molecule has 180 valence electrons. The number of nitrogens with zero attached hydrogens (tertiary/aromatic N) is 4. The summed E-state index contributed by atoms with van der Waals surface area (Å²) in [5.74, 6) is -0.0702. The van der Waals surface area contributed by atoms with Crippen molar-refractivity contribution in [3.05, 3.63) is 53.5 Å². The molecule has 0 bridgehead atoms. The van der Waals surface area contributed by atoms with Crippen LogP contribution in [0.1, 0.15) is 13.2 Å². The number of imidazole rings is 1. The minimum atomic E-state index is -4.00. The van der Waals surface area contributed by atoms with E-state index in [9.17, 15) is 9.36 Å². The van der Waals surface area contributed by atoms with Gasteiger partial charge in [-0.3, -0.25) is 13.9 Å². The van der Waals surface area contributed by atoms with Gasteiger partial charge in [0.25, 0.3) is 0 Å². The fraction of sp³-hybridized carbons (Fsp3) is 0.300. The molecular formula is C20H22BrN6O6P. The molecule has 1 aliphatic heterocycles. The molecule has 3 heterocycles. The largest absolute Gasteiger partial charge is 0.468 e. The Morgan fingerprint density at radius 2 is 2.18 bits per heavy atom. The van der Waals surface area contributed by atoms with Crippen molar-refractivity contribution in [2.24, 2.45) is 0 Å². The molecule has 2 aromatic heterocycles. The van der Waals surface area contributed by atoms with Gasteiger partial charge in [-0.2, -0.15) is 5.09 Å². The highest BCUT2D eigenvalue weighted by Gasteiger charge is 2.34. The Balaban J connectivity index is 1.45. The van der Waals surface area contributed by atoms with E-state index in [1.54, 1.807) is 47.3 Å². The number of rotatable bonds is 9. The van der Waals surface area contributed by atoms with E-state index in [0.717, 1.165) is 4.47 Å². The lowest BCUT2D eigenvalue weighted by atomic mass is 10.3. The number of hydrogen-bond donors (Lipinski definition) is 2. The summed E-state index contributed by atoms with van der Waals surface area (Å²) in [6, 6.07) is 5.80. The molecule has 0 fully saturated rings. The predicted octanol–water partition coefficient (Wildman–Crippen LogP) is 2.98. The zero-order chi connectivity index (χ0) is 24.3. The lowest BCUT2D eigenvalue weighted by Gasteiger charge is -2.24. The average molecular weight is 553 g/mol. The van der Waals surface area contributed by atoms with Crippen LogP contribution >= 0.6 is 23.7 Å². The summed E-state index contributed by atoms with van der Waals surface area (Å²) in [4.78, 5) is 24.2. The topological polar surface area (TPSA) is 153 Å². The Bertz CT molecular complexity index is 1270. The zero-order valence-corrected chi connectivity index (χ0v) is 20.7. The third-order valence-corrected chi connectivity index (χ3v) is 6.94. The molecule has 4 atom stereocenters. The second-order valence-electron chi connectivity index (χ2n) is 7.25. The molecule has 0 saturated heterocycles. The van der Waals surface area contributed by atoms with Crippen LogP contribution in [0.5, 0.6) is 5.75 Å². The number of hydrogen-bond acceptors (Lipinski definition) is 10. The summed E-state index contributed by atoms with van der Waals surface area (Å²) in [6.45, 7) is 1.37.